The Morgan fingerprint density at radius 3 is 2.58 bits per heavy atom. The van der Waals surface area contributed by atoms with Crippen LogP contribution in [0.25, 0.3) is 0 Å². The van der Waals surface area contributed by atoms with Gasteiger partial charge in [-0.05, 0) is 43.3 Å². The average Bonchev–Trinajstić information content (AvgIpc) is 2.68. The van der Waals surface area contributed by atoms with Gasteiger partial charge in [-0.2, -0.15) is 0 Å². The molecular formula is C20H23N3O3. The van der Waals surface area contributed by atoms with Gasteiger partial charge >= 0.3 is 0 Å². The number of nitrogens with zero attached hydrogens (tertiary/aromatic N) is 1. The molecule has 1 fully saturated rings. The summed E-state index contributed by atoms with van der Waals surface area (Å²) in [5.74, 6) is 0.357. The number of anilines is 1. The largest absolute Gasteiger partial charge is 0.497 e. The zero-order valence-electron chi connectivity index (χ0n) is 15.0. The standard InChI is InChI=1S/C20H23N3O3/c1-14-13-23(12-11-21-14)20(25)17-5-3-4-6-18(17)22-19(24)15-7-9-16(26-2)10-8-15/h3-10,14,21H,11-13H2,1-2H3,(H,22,24). The molecule has 0 saturated carbocycles. The van der Waals surface area contributed by atoms with Crippen LogP contribution in [0.5, 0.6) is 5.75 Å². The normalized spacial score (nSPS) is 16.8. The van der Waals surface area contributed by atoms with Gasteiger partial charge in [0.15, 0.2) is 0 Å². The van der Waals surface area contributed by atoms with Crippen molar-refractivity contribution in [3.05, 3.63) is 59.7 Å². The molecule has 3 rings (SSSR count). The Labute approximate surface area is 153 Å². The van der Waals surface area contributed by atoms with Crippen LogP contribution >= 0.6 is 0 Å². The van der Waals surface area contributed by atoms with Gasteiger partial charge in [-0.1, -0.05) is 12.1 Å². The highest BCUT2D eigenvalue weighted by atomic mass is 16.5. The van der Waals surface area contributed by atoms with Gasteiger partial charge in [0.1, 0.15) is 5.75 Å². The molecule has 1 aliphatic rings. The Morgan fingerprint density at radius 2 is 1.88 bits per heavy atom. The summed E-state index contributed by atoms with van der Waals surface area (Å²) in [6.07, 6.45) is 0. The van der Waals surface area contributed by atoms with Crippen molar-refractivity contribution in [2.24, 2.45) is 0 Å². The number of hydrogen-bond acceptors (Lipinski definition) is 4. The van der Waals surface area contributed by atoms with E-state index in [1.165, 1.54) is 0 Å². The molecule has 1 atom stereocenters. The second-order valence-electron chi connectivity index (χ2n) is 6.33. The van der Waals surface area contributed by atoms with E-state index >= 15 is 0 Å². The lowest BCUT2D eigenvalue weighted by Crippen LogP contribution is -2.51. The lowest BCUT2D eigenvalue weighted by Gasteiger charge is -2.32. The summed E-state index contributed by atoms with van der Waals surface area (Å²) in [5.41, 5.74) is 1.52. The zero-order valence-corrected chi connectivity index (χ0v) is 15.0. The summed E-state index contributed by atoms with van der Waals surface area (Å²) >= 11 is 0. The molecule has 2 amide bonds. The number of nitrogens with one attached hydrogen (secondary N) is 2. The maximum atomic E-state index is 12.9. The molecule has 0 spiro atoms. The quantitative estimate of drug-likeness (QED) is 0.885. The highest BCUT2D eigenvalue weighted by Crippen LogP contribution is 2.20. The molecule has 0 aliphatic carbocycles. The van der Waals surface area contributed by atoms with Crippen molar-refractivity contribution in [1.29, 1.82) is 0 Å². The van der Waals surface area contributed by atoms with Crippen molar-refractivity contribution in [3.63, 3.8) is 0 Å². The van der Waals surface area contributed by atoms with Crippen molar-refractivity contribution in [2.75, 3.05) is 32.1 Å². The molecular weight excluding hydrogens is 330 g/mol. The molecule has 2 aromatic rings. The van der Waals surface area contributed by atoms with Crippen LogP contribution in [-0.4, -0.2) is 49.5 Å². The monoisotopic (exact) mass is 353 g/mol. The Bertz CT molecular complexity index is 789. The van der Waals surface area contributed by atoms with E-state index in [0.29, 0.717) is 35.7 Å². The lowest BCUT2D eigenvalue weighted by molar-refractivity contribution is 0.0710. The molecule has 2 N–H and O–H groups in total. The molecule has 0 radical (unpaired) electrons. The topological polar surface area (TPSA) is 70.7 Å². The van der Waals surface area contributed by atoms with Crippen LogP contribution in [0.1, 0.15) is 27.6 Å². The first-order valence-corrected chi connectivity index (χ1v) is 8.65. The fourth-order valence-electron chi connectivity index (χ4n) is 3.00. The number of hydrogen-bond donors (Lipinski definition) is 2. The van der Waals surface area contributed by atoms with Crippen LogP contribution in [0.4, 0.5) is 5.69 Å². The summed E-state index contributed by atoms with van der Waals surface area (Å²) in [6.45, 7) is 4.13. The van der Waals surface area contributed by atoms with Gasteiger partial charge in [0.25, 0.3) is 11.8 Å². The van der Waals surface area contributed by atoms with Gasteiger partial charge in [0, 0.05) is 31.2 Å². The minimum absolute atomic E-state index is 0.0658. The Hall–Kier alpha value is -2.86. The minimum atomic E-state index is -0.262. The van der Waals surface area contributed by atoms with E-state index in [1.807, 2.05) is 11.0 Å². The van der Waals surface area contributed by atoms with E-state index < -0.39 is 0 Å². The fourth-order valence-corrected chi connectivity index (χ4v) is 3.00. The predicted octanol–water partition coefficient (Wildman–Crippen LogP) is 2.38. The van der Waals surface area contributed by atoms with Crippen molar-refractivity contribution >= 4 is 17.5 Å². The second kappa shape index (κ2) is 8.01. The second-order valence-corrected chi connectivity index (χ2v) is 6.33. The molecule has 136 valence electrons. The van der Waals surface area contributed by atoms with Gasteiger partial charge in [0.2, 0.25) is 0 Å². The number of piperazine rings is 1. The number of methoxy groups -OCH3 is 1. The number of carbonyl (C=O) groups excluding carboxylic acids is 2. The van der Waals surface area contributed by atoms with Crippen LogP contribution < -0.4 is 15.4 Å². The van der Waals surface area contributed by atoms with Gasteiger partial charge in [-0.3, -0.25) is 9.59 Å². The number of carbonyl (C=O) groups is 2. The fraction of sp³-hybridized carbons (Fsp3) is 0.300. The Morgan fingerprint density at radius 1 is 1.15 bits per heavy atom. The molecule has 1 heterocycles. The number of ether oxygens (including phenoxy) is 1. The van der Waals surface area contributed by atoms with Crippen LogP contribution in [0.3, 0.4) is 0 Å². The first-order chi connectivity index (χ1) is 12.6. The summed E-state index contributed by atoms with van der Waals surface area (Å²) in [6, 6.07) is 14.2. The van der Waals surface area contributed by atoms with Gasteiger partial charge in [0.05, 0.1) is 18.4 Å². The number of amides is 2. The highest BCUT2D eigenvalue weighted by molar-refractivity contribution is 6.09. The van der Waals surface area contributed by atoms with Crippen LogP contribution in [0.15, 0.2) is 48.5 Å². The Balaban J connectivity index is 1.78. The molecule has 0 aromatic heterocycles. The lowest BCUT2D eigenvalue weighted by atomic mass is 10.1. The summed E-state index contributed by atoms with van der Waals surface area (Å²) in [7, 11) is 1.58. The third kappa shape index (κ3) is 4.03. The summed E-state index contributed by atoms with van der Waals surface area (Å²) in [5, 5.41) is 6.17. The summed E-state index contributed by atoms with van der Waals surface area (Å²) < 4.78 is 5.11. The van der Waals surface area contributed by atoms with E-state index in [9.17, 15) is 9.59 Å². The first-order valence-electron chi connectivity index (χ1n) is 8.65. The van der Waals surface area contributed by atoms with E-state index in [4.69, 9.17) is 4.74 Å². The first kappa shape index (κ1) is 17.9. The van der Waals surface area contributed by atoms with Gasteiger partial charge in [-0.25, -0.2) is 0 Å². The van der Waals surface area contributed by atoms with Crippen molar-refractivity contribution in [3.8, 4) is 5.75 Å². The smallest absolute Gasteiger partial charge is 0.256 e. The molecule has 6 nitrogen and oxygen atoms in total. The predicted molar refractivity (Wildman–Crippen MR) is 101 cm³/mol. The summed E-state index contributed by atoms with van der Waals surface area (Å²) in [4.78, 5) is 27.2. The van der Waals surface area contributed by atoms with E-state index in [-0.39, 0.29) is 17.9 Å². The maximum Gasteiger partial charge on any atom is 0.256 e. The third-order valence-electron chi connectivity index (χ3n) is 4.41. The molecule has 1 aliphatic heterocycles. The van der Waals surface area contributed by atoms with Crippen molar-refractivity contribution < 1.29 is 14.3 Å². The van der Waals surface area contributed by atoms with Crippen molar-refractivity contribution in [2.45, 2.75) is 13.0 Å². The van der Waals surface area contributed by atoms with Crippen LogP contribution in [-0.2, 0) is 0 Å². The number of benzene rings is 2. The Kier molecular flexibility index (Phi) is 5.53. The molecule has 1 saturated heterocycles. The van der Waals surface area contributed by atoms with Gasteiger partial charge < -0.3 is 20.3 Å². The van der Waals surface area contributed by atoms with Crippen molar-refractivity contribution in [1.82, 2.24) is 10.2 Å². The molecule has 1 unspecified atom stereocenters. The zero-order chi connectivity index (χ0) is 18.5. The molecule has 2 aromatic carbocycles. The minimum Gasteiger partial charge on any atom is -0.497 e. The SMILES string of the molecule is COc1ccc(C(=O)Nc2ccccc2C(=O)N2CCNC(C)C2)cc1. The van der Waals surface area contributed by atoms with Crippen LogP contribution in [0, 0.1) is 0 Å². The number of rotatable bonds is 4. The maximum absolute atomic E-state index is 12.9. The van der Waals surface area contributed by atoms with Crippen LogP contribution in [0.2, 0.25) is 0 Å². The van der Waals surface area contributed by atoms with E-state index in [2.05, 4.69) is 17.6 Å². The number of para-hydroxylation sites is 1. The highest BCUT2D eigenvalue weighted by Gasteiger charge is 2.24. The van der Waals surface area contributed by atoms with E-state index in [1.54, 1.807) is 49.6 Å². The van der Waals surface area contributed by atoms with E-state index in [0.717, 1.165) is 6.54 Å². The molecule has 0 bridgehead atoms. The average molecular weight is 353 g/mol. The molecule has 6 heteroatoms. The molecule has 26 heavy (non-hydrogen) atoms. The third-order valence-corrected chi connectivity index (χ3v) is 4.41. The van der Waals surface area contributed by atoms with Gasteiger partial charge in [-0.15, -0.1) is 0 Å².